The van der Waals surface area contributed by atoms with Gasteiger partial charge in [0.15, 0.2) is 0 Å². The number of rotatable bonds is 8. The molecule has 0 bridgehead atoms. The average Bonchev–Trinajstić information content (AvgIpc) is 3.55. The van der Waals surface area contributed by atoms with Crippen molar-refractivity contribution >= 4 is 40.3 Å². The smallest absolute Gasteiger partial charge is 0.262 e. The van der Waals surface area contributed by atoms with Crippen LogP contribution in [0.4, 0.5) is 5.69 Å². The standard InChI is InChI=1S/C31H29N7O4/c39-28-10-9-27(29(40)36-28)38-30(41)22-8-7-20(14-23(22)31(38)42)32-11-3-4-18-12-21(13-18)37-17-19(15-34-37)26-16-33-24-5-1-2-6-25(24)35-26/h1-2,5-8,14-18,21,27,32H,3-4,9-13H2,(H,36,39,40)/t18-,21-,27?. The quantitative estimate of drug-likeness (QED) is 0.244. The van der Waals surface area contributed by atoms with Gasteiger partial charge in [-0.2, -0.15) is 5.10 Å². The number of carbonyl (C=O) groups excluding carboxylic acids is 4. The highest BCUT2D eigenvalue weighted by molar-refractivity contribution is 6.23. The lowest BCUT2D eigenvalue weighted by Crippen LogP contribution is -2.54. The Balaban J connectivity index is 0.889. The molecule has 4 aromatic rings. The monoisotopic (exact) mass is 563 g/mol. The minimum atomic E-state index is -0.960. The van der Waals surface area contributed by atoms with E-state index in [1.54, 1.807) is 24.4 Å². The fraction of sp³-hybridized carbons (Fsp3) is 0.323. The fourth-order valence-corrected chi connectivity index (χ4v) is 6.12. The van der Waals surface area contributed by atoms with E-state index in [0.29, 0.717) is 12.0 Å². The summed E-state index contributed by atoms with van der Waals surface area (Å²) in [4.78, 5) is 59.9. The van der Waals surface area contributed by atoms with Crippen LogP contribution in [-0.4, -0.2) is 60.9 Å². The van der Waals surface area contributed by atoms with Crippen LogP contribution >= 0.6 is 0 Å². The number of hydrogen-bond donors (Lipinski definition) is 2. The first-order valence-electron chi connectivity index (χ1n) is 14.3. The number of carbonyl (C=O) groups is 4. The first-order valence-corrected chi connectivity index (χ1v) is 14.3. The number of anilines is 1. The summed E-state index contributed by atoms with van der Waals surface area (Å²) in [6, 6.07) is 12.3. The molecular formula is C31H29N7O4. The number of nitrogens with zero attached hydrogens (tertiary/aromatic N) is 5. The Kier molecular flexibility index (Phi) is 6.49. The van der Waals surface area contributed by atoms with Gasteiger partial charge in [0, 0.05) is 30.4 Å². The summed E-state index contributed by atoms with van der Waals surface area (Å²) >= 11 is 0. The first-order chi connectivity index (χ1) is 20.4. The minimum Gasteiger partial charge on any atom is -0.385 e. The van der Waals surface area contributed by atoms with Crippen molar-refractivity contribution in [3.05, 3.63) is 72.2 Å². The minimum absolute atomic E-state index is 0.0991. The second kappa shape index (κ2) is 10.5. The van der Waals surface area contributed by atoms with Crippen LogP contribution in [0.5, 0.6) is 0 Å². The molecule has 2 aromatic heterocycles. The molecule has 2 aromatic carbocycles. The highest BCUT2D eigenvalue weighted by Crippen LogP contribution is 2.40. The molecule has 1 saturated heterocycles. The molecule has 1 atom stereocenters. The molecular weight excluding hydrogens is 534 g/mol. The zero-order valence-electron chi connectivity index (χ0n) is 22.8. The number of benzene rings is 2. The van der Waals surface area contributed by atoms with Crippen molar-refractivity contribution < 1.29 is 19.2 Å². The van der Waals surface area contributed by atoms with E-state index in [1.165, 1.54) is 0 Å². The van der Waals surface area contributed by atoms with Gasteiger partial charge < -0.3 is 5.32 Å². The Morgan fingerprint density at radius 3 is 2.60 bits per heavy atom. The molecule has 1 unspecified atom stereocenters. The summed E-state index contributed by atoms with van der Waals surface area (Å²) in [5, 5.41) is 10.2. The molecule has 4 amide bonds. The van der Waals surface area contributed by atoms with Gasteiger partial charge in [-0.1, -0.05) is 12.1 Å². The maximum Gasteiger partial charge on any atom is 0.262 e. The highest BCUT2D eigenvalue weighted by Gasteiger charge is 2.44. The number of aromatic nitrogens is 4. The van der Waals surface area contributed by atoms with Crippen molar-refractivity contribution in [2.75, 3.05) is 11.9 Å². The van der Waals surface area contributed by atoms with Gasteiger partial charge in [-0.25, -0.2) is 4.98 Å². The normalized spacial score (nSPS) is 21.8. The number of amides is 4. The van der Waals surface area contributed by atoms with E-state index in [9.17, 15) is 19.2 Å². The van der Waals surface area contributed by atoms with E-state index in [-0.39, 0.29) is 29.9 Å². The lowest BCUT2D eigenvalue weighted by atomic mass is 9.77. The molecule has 0 spiro atoms. The lowest BCUT2D eigenvalue weighted by Gasteiger charge is -2.35. The molecule has 11 nitrogen and oxygen atoms in total. The molecule has 1 saturated carbocycles. The third-order valence-corrected chi connectivity index (χ3v) is 8.49. The largest absolute Gasteiger partial charge is 0.385 e. The second-order valence-corrected chi connectivity index (χ2v) is 11.2. The molecule has 11 heteroatoms. The van der Waals surface area contributed by atoms with E-state index in [0.717, 1.165) is 65.1 Å². The molecule has 212 valence electrons. The molecule has 0 radical (unpaired) electrons. The number of nitrogens with one attached hydrogen (secondary N) is 2. The highest BCUT2D eigenvalue weighted by atomic mass is 16.2. The van der Waals surface area contributed by atoms with Gasteiger partial charge >= 0.3 is 0 Å². The van der Waals surface area contributed by atoms with Gasteiger partial charge in [-0.3, -0.25) is 39.1 Å². The van der Waals surface area contributed by atoms with Gasteiger partial charge in [0.25, 0.3) is 11.8 Å². The summed E-state index contributed by atoms with van der Waals surface area (Å²) in [7, 11) is 0. The van der Waals surface area contributed by atoms with Crippen LogP contribution in [0, 0.1) is 5.92 Å². The molecule has 4 heterocycles. The topological polar surface area (TPSA) is 139 Å². The van der Waals surface area contributed by atoms with Crippen molar-refractivity contribution in [3.8, 4) is 11.3 Å². The van der Waals surface area contributed by atoms with E-state index in [1.807, 2.05) is 35.1 Å². The van der Waals surface area contributed by atoms with Crippen LogP contribution in [0.2, 0.25) is 0 Å². The summed E-state index contributed by atoms with van der Waals surface area (Å²) < 4.78 is 2.04. The van der Waals surface area contributed by atoms with Gasteiger partial charge in [-0.05, 0) is 68.4 Å². The van der Waals surface area contributed by atoms with E-state index < -0.39 is 23.8 Å². The Morgan fingerprint density at radius 2 is 1.76 bits per heavy atom. The van der Waals surface area contributed by atoms with Gasteiger partial charge in [0.05, 0.1) is 46.3 Å². The molecule has 2 N–H and O–H groups in total. The predicted molar refractivity (Wildman–Crippen MR) is 153 cm³/mol. The van der Waals surface area contributed by atoms with Crippen molar-refractivity contribution in [3.63, 3.8) is 0 Å². The van der Waals surface area contributed by atoms with Gasteiger partial charge in [0.2, 0.25) is 11.8 Å². The summed E-state index contributed by atoms with van der Waals surface area (Å²) in [5.74, 6) is -1.36. The van der Waals surface area contributed by atoms with Gasteiger partial charge in [-0.15, -0.1) is 0 Å². The summed E-state index contributed by atoms with van der Waals surface area (Å²) in [6.07, 6.45) is 10.2. The SMILES string of the molecule is O=C1CCC(N2C(=O)c3ccc(NCCC[C@H]4C[C@H](n5cc(-c6cnc7ccccc7n6)cn5)C4)cc3C2=O)C(=O)N1. The van der Waals surface area contributed by atoms with Gasteiger partial charge in [0.1, 0.15) is 6.04 Å². The zero-order valence-corrected chi connectivity index (χ0v) is 22.8. The third kappa shape index (κ3) is 4.70. The lowest BCUT2D eigenvalue weighted by molar-refractivity contribution is -0.136. The van der Waals surface area contributed by atoms with E-state index in [2.05, 4.69) is 26.9 Å². The molecule has 42 heavy (non-hydrogen) atoms. The Labute approximate surface area is 241 Å². The zero-order chi connectivity index (χ0) is 28.8. The first kappa shape index (κ1) is 26.0. The van der Waals surface area contributed by atoms with E-state index in [4.69, 9.17) is 4.98 Å². The van der Waals surface area contributed by atoms with Crippen LogP contribution in [-0.2, 0) is 9.59 Å². The molecule has 7 rings (SSSR count). The van der Waals surface area contributed by atoms with Crippen LogP contribution in [0.15, 0.2) is 61.1 Å². The van der Waals surface area contributed by atoms with Crippen molar-refractivity contribution in [1.29, 1.82) is 0 Å². The average molecular weight is 564 g/mol. The maximum atomic E-state index is 13.0. The fourth-order valence-electron chi connectivity index (χ4n) is 6.12. The van der Waals surface area contributed by atoms with Crippen molar-refractivity contribution in [2.45, 2.75) is 50.6 Å². The van der Waals surface area contributed by atoms with Crippen LogP contribution in [0.1, 0.15) is 65.3 Å². The van der Waals surface area contributed by atoms with Crippen LogP contribution < -0.4 is 10.6 Å². The summed E-state index contributed by atoms with van der Waals surface area (Å²) in [5.41, 5.74) is 4.86. The van der Waals surface area contributed by atoms with Crippen molar-refractivity contribution in [1.82, 2.24) is 30.0 Å². The number of para-hydroxylation sites is 2. The molecule has 1 aliphatic carbocycles. The second-order valence-electron chi connectivity index (χ2n) is 11.2. The Hall–Kier alpha value is -4.93. The molecule has 2 aliphatic heterocycles. The number of hydrogen-bond acceptors (Lipinski definition) is 8. The number of fused-ring (bicyclic) bond motifs is 2. The Bertz CT molecular complexity index is 1740. The third-order valence-electron chi connectivity index (χ3n) is 8.49. The van der Waals surface area contributed by atoms with Crippen LogP contribution in [0.25, 0.3) is 22.3 Å². The summed E-state index contributed by atoms with van der Waals surface area (Å²) in [6.45, 7) is 0.742. The molecule has 3 aliphatic rings. The molecule has 2 fully saturated rings. The van der Waals surface area contributed by atoms with E-state index >= 15 is 0 Å². The maximum absolute atomic E-state index is 13.0. The number of imide groups is 2. The Morgan fingerprint density at radius 1 is 0.952 bits per heavy atom. The van der Waals surface area contributed by atoms with Crippen LogP contribution in [0.3, 0.4) is 0 Å². The number of piperidine rings is 1. The van der Waals surface area contributed by atoms with Crippen molar-refractivity contribution in [2.24, 2.45) is 5.92 Å². The predicted octanol–water partition coefficient (Wildman–Crippen LogP) is 3.74.